The van der Waals surface area contributed by atoms with Crippen molar-refractivity contribution in [3.05, 3.63) is 152 Å². The number of hydrogen-bond acceptors (Lipinski definition) is 3. The molecule has 0 amide bonds. The van der Waals surface area contributed by atoms with Gasteiger partial charge in [-0.2, -0.15) is 0 Å². The monoisotopic (exact) mass is 631 g/mol. The zero-order valence-corrected chi connectivity index (χ0v) is 26.4. The van der Waals surface area contributed by atoms with Gasteiger partial charge < -0.3 is 4.90 Å². The summed E-state index contributed by atoms with van der Waals surface area (Å²) in [5, 5.41) is 4.05. The fraction of sp³-hybridized carbons (Fsp3) is 0. The molecule has 3 heterocycles. The Labute approximate surface area is 277 Å². The molecule has 8 aromatic carbocycles. The second kappa shape index (κ2) is 9.09. The van der Waals surface area contributed by atoms with Gasteiger partial charge in [-0.15, -0.1) is 0 Å². The van der Waals surface area contributed by atoms with Crippen LogP contribution in [0.4, 0.5) is 17.1 Å². The average molecular weight is 632 g/mol. The van der Waals surface area contributed by atoms with Crippen LogP contribution in [0.25, 0.3) is 77.2 Å². The molecule has 0 spiro atoms. The van der Waals surface area contributed by atoms with Crippen molar-refractivity contribution in [3.63, 3.8) is 0 Å². The van der Waals surface area contributed by atoms with E-state index in [-0.39, 0.29) is 0 Å². The third-order valence-electron chi connectivity index (χ3n) is 10.4. The Morgan fingerprint density at radius 2 is 0.792 bits per heavy atom. The molecule has 0 saturated carbocycles. The topological polar surface area (TPSA) is 37.4 Å². The largest absolute Gasteiger partial charge is 0.305 e. The Kier molecular flexibility index (Phi) is 4.95. The maximum Gasteiger partial charge on any atom is 0.210 e. The van der Waals surface area contributed by atoms with Gasteiger partial charge in [-0.25, -0.2) is 8.42 Å². The quantitative estimate of drug-likeness (QED) is 0.195. The lowest BCUT2D eigenvalue weighted by Crippen LogP contribution is -2.28. The van der Waals surface area contributed by atoms with E-state index in [1.54, 1.807) is 0 Å². The predicted octanol–water partition coefficient (Wildman–Crippen LogP) is 11.6. The van der Waals surface area contributed by atoms with Gasteiger partial charge in [-0.05, 0) is 79.5 Å². The van der Waals surface area contributed by atoms with Gasteiger partial charge in [0.1, 0.15) is 0 Å². The molecule has 11 rings (SSSR count). The molecular formula is C44H25NO2S. The van der Waals surface area contributed by atoms with E-state index in [1.165, 1.54) is 0 Å². The number of sulfone groups is 1. The first-order valence-corrected chi connectivity index (χ1v) is 17.7. The molecule has 0 unspecified atom stereocenters. The van der Waals surface area contributed by atoms with Crippen molar-refractivity contribution >= 4 is 48.4 Å². The average Bonchev–Trinajstić information content (AvgIpc) is 3.14. The van der Waals surface area contributed by atoms with Crippen LogP contribution in [0.1, 0.15) is 0 Å². The van der Waals surface area contributed by atoms with E-state index >= 15 is 8.42 Å². The number of rotatable bonds is 3. The van der Waals surface area contributed by atoms with Crippen molar-refractivity contribution in [2.75, 3.05) is 4.90 Å². The molecule has 0 bridgehead atoms. The second-order valence-corrected chi connectivity index (χ2v) is 14.7. The first-order chi connectivity index (χ1) is 23.6. The lowest BCUT2D eigenvalue weighted by molar-refractivity contribution is 0.595. The van der Waals surface area contributed by atoms with Crippen molar-refractivity contribution < 1.29 is 8.42 Å². The number of nitrogens with zero attached hydrogens (tertiary/aromatic N) is 1. The third-order valence-corrected chi connectivity index (χ3v) is 12.2. The Hall–Kier alpha value is -5.97. The van der Waals surface area contributed by atoms with Gasteiger partial charge in [0, 0.05) is 21.9 Å². The normalized spacial score (nSPS) is 14.1. The summed E-state index contributed by atoms with van der Waals surface area (Å²) in [4.78, 5) is 3.00. The van der Waals surface area contributed by atoms with Gasteiger partial charge >= 0.3 is 0 Å². The fourth-order valence-electron chi connectivity index (χ4n) is 8.42. The molecule has 3 nitrogen and oxygen atoms in total. The number of fused-ring (bicyclic) bond motifs is 2. The van der Waals surface area contributed by atoms with Crippen LogP contribution in [0, 0.1) is 0 Å². The van der Waals surface area contributed by atoms with Gasteiger partial charge in [-0.3, -0.25) is 0 Å². The number of benzene rings is 8. The fourth-order valence-corrected chi connectivity index (χ4v) is 10.1. The SMILES string of the molecule is O=S1(=O)c2cc(-c3ccccc3)c3cccc4c3c2N2c3c-4cc(-c4ccccc4)cc3-c3cccc4c(-c5ccccc5)cc1c2c34. The molecule has 3 aliphatic rings. The molecule has 8 aromatic rings. The molecule has 0 atom stereocenters. The van der Waals surface area contributed by atoms with Gasteiger partial charge in [0.05, 0.1) is 26.9 Å². The van der Waals surface area contributed by atoms with Gasteiger partial charge in [0.2, 0.25) is 9.84 Å². The molecule has 48 heavy (non-hydrogen) atoms. The summed E-state index contributed by atoms with van der Waals surface area (Å²) in [6.45, 7) is 0. The molecule has 224 valence electrons. The zero-order valence-electron chi connectivity index (χ0n) is 25.6. The van der Waals surface area contributed by atoms with E-state index in [2.05, 4.69) is 102 Å². The highest BCUT2D eigenvalue weighted by Gasteiger charge is 2.45. The molecule has 0 radical (unpaired) electrons. The van der Waals surface area contributed by atoms with Crippen LogP contribution < -0.4 is 4.90 Å². The molecule has 0 fully saturated rings. The maximum absolute atomic E-state index is 15.2. The summed E-state index contributed by atoms with van der Waals surface area (Å²) < 4.78 is 30.3. The van der Waals surface area contributed by atoms with Crippen molar-refractivity contribution in [2.24, 2.45) is 0 Å². The predicted molar refractivity (Wildman–Crippen MR) is 196 cm³/mol. The number of anilines is 3. The van der Waals surface area contributed by atoms with Crippen molar-refractivity contribution in [2.45, 2.75) is 9.79 Å². The van der Waals surface area contributed by atoms with Crippen LogP contribution >= 0.6 is 0 Å². The number of hydrogen-bond donors (Lipinski definition) is 0. The Morgan fingerprint density at radius 3 is 1.25 bits per heavy atom. The summed E-state index contributed by atoms with van der Waals surface area (Å²) in [5.41, 5.74) is 13.0. The van der Waals surface area contributed by atoms with Crippen LogP contribution in [-0.4, -0.2) is 8.42 Å². The van der Waals surface area contributed by atoms with E-state index in [0.717, 1.165) is 94.2 Å². The van der Waals surface area contributed by atoms with Crippen LogP contribution in [0.5, 0.6) is 0 Å². The van der Waals surface area contributed by atoms with E-state index in [0.29, 0.717) is 9.79 Å². The molecular weight excluding hydrogens is 607 g/mol. The molecule has 0 saturated heterocycles. The van der Waals surface area contributed by atoms with Crippen LogP contribution in [0.15, 0.2) is 161 Å². The molecule has 0 aliphatic carbocycles. The first-order valence-electron chi connectivity index (χ1n) is 16.2. The zero-order chi connectivity index (χ0) is 31.7. The van der Waals surface area contributed by atoms with Crippen LogP contribution in [0.2, 0.25) is 0 Å². The minimum Gasteiger partial charge on any atom is -0.305 e. The first kappa shape index (κ1) is 26.1. The van der Waals surface area contributed by atoms with Crippen LogP contribution in [0.3, 0.4) is 0 Å². The van der Waals surface area contributed by atoms with Gasteiger partial charge in [0.15, 0.2) is 0 Å². The highest BCUT2D eigenvalue weighted by atomic mass is 32.2. The van der Waals surface area contributed by atoms with Crippen molar-refractivity contribution in [3.8, 4) is 55.6 Å². The Morgan fingerprint density at radius 1 is 0.354 bits per heavy atom. The maximum atomic E-state index is 15.2. The van der Waals surface area contributed by atoms with Crippen LogP contribution in [-0.2, 0) is 9.84 Å². The Balaban J connectivity index is 1.39. The van der Waals surface area contributed by atoms with E-state index in [1.807, 2.05) is 54.6 Å². The molecule has 0 N–H and O–H groups in total. The summed E-state index contributed by atoms with van der Waals surface area (Å²) in [6.07, 6.45) is 0. The van der Waals surface area contributed by atoms with E-state index in [9.17, 15) is 0 Å². The van der Waals surface area contributed by atoms with Crippen molar-refractivity contribution in [1.82, 2.24) is 0 Å². The smallest absolute Gasteiger partial charge is 0.210 e. The highest BCUT2D eigenvalue weighted by Crippen LogP contribution is 2.66. The second-order valence-electron chi connectivity index (χ2n) is 12.9. The summed E-state index contributed by atoms with van der Waals surface area (Å²) in [5.74, 6) is 0. The van der Waals surface area contributed by atoms with Crippen molar-refractivity contribution in [1.29, 1.82) is 0 Å². The van der Waals surface area contributed by atoms with E-state index in [4.69, 9.17) is 0 Å². The minimum atomic E-state index is -3.93. The Bertz CT molecular complexity index is 2660. The molecule has 0 aromatic heterocycles. The summed E-state index contributed by atoms with van der Waals surface area (Å²) >= 11 is 0. The lowest BCUT2D eigenvalue weighted by atomic mass is 9.80. The lowest BCUT2D eigenvalue weighted by Gasteiger charge is -2.44. The summed E-state index contributed by atoms with van der Waals surface area (Å²) in [7, 11) is -3.93. The standard InChI is InChI=1S/C44H25NO2S/c46-48(47)38-24-34(27-14-6-2-7-15-27)30-18-10-20-32-36-22-29(26-12-4-1-5-13-26)23-37-33-21-11-19-31-35(28-16-8-3-9-17-28)25-39(48)44(41(31)33)45(42(36)37)43(38)40(30)32/h1-25H. The van der Waals surface area contributed by atoms with Gasteiger partial charge in [0.25, 0.3) is 0 Å². The summed E-state index contributed by atoms with van der Waals surface area (Å²) in [6, 6.07) is 52.1. The van der Waals surface area contributed by atoms with E-state index < -0.39 is 9.84 Å². The highest BCUT2D eigenvalue weighted by molar-refractivity contribution is 7.92. The third kappa shape index (κ3) is 3.20. The minimum absolute atomic E-state index is 0.357. The van der Waals surface area contributed by atoms with Gasteiger partial charge in [-0.1, -0.05) is 127 Å². The molecule has 3 aliphatic heterocycles. The molecule has 4 heteroatoms.